The smallest absolute Gasteiger partial charge is 0.224 e. The van der Waals surface area contributed by atoms with Gasteiger partial charge in [0.2, 0.25) is 5.91 Å². The number of carbonyl (C=O) groups is 1. The molecule has 3 heteroatoms. The second-order valence-electron chi connectivity index (χ2n) is 5.52. The summed E-state index contributed by atoms with van der Waals surface area (Å²) in [4.78, 5) is 12.0. The first-order valence-electron chi connectivity index (χ1n) is 7.37. The molecule has 0 radical (unpaired) electrons. The quantitative estimate of drug-likeness (QED) is 0.810. The minimum atomic E-state index is 0.121. The lowest BCUT2D eigenvalue weighted by molar-refractivity contribution is -0.117. The number of hydrogen-bond acceptors (Lipinski definition) is 2. The molecule has 1 aliphatic rings. The van der Waals surface area contributed by atoms with Crippen LogP contribution in [0, 0.1) is 5.92 Å². The molecular formula is C16H24N2O. The Morgan fingerprint density at radius 3 is 2.68 bits per heavy atom. The van der Waals surface area contributed by atoms with Gasteiger partial charge in [-0.05, 0) is 42.9 Å². The van der Waals surface area contributed by atoms with Gasteiger partial charge in [0.15, 0.2) is 0 Å². The number of rotatable bonds is 4. The van der Waals surface area contributed by atoms with Crippen LogP contribution in [0.1, 0.15) is 51.0 Å². The van der Waals surface area contributed by atoms with E-state index in [1.807, 2.05) is 18.2 Å². The van der Waals surface area contributed by atoms with Gasteiger partial charge in [-0.3, -0.25) is 4.79 Å². The Hall–Kier alpha value is -1.51. The van der Waals surface area contributed by atoms with Gasteiger partial charge in [0.05, 0.1) is 0 Å². The topological polar surface area (TPSA) is 55.1 Å². The molecule has 1 aromatic carbocycles. The molecule has 1 amide bonds. The van der Waals surface area contributed by atoms with Gasteiger partial charge in [0, 0.05) is 17.8 Å². The molecular weight excluding hydrogens is 236 g/mol. The third-order valence-corrected chi connectivity index (χ3v) is 4.01. The second kappa shape index (κ2) is 6.60. The largest absolute Gasteiger partial charge is 0.398 e. The minimum Gasteiger partial charge on any atom is -0.398 e. The Morgan fingerprint density at radius 2 is 2.05 bits per heavy atom. The van der Waals surface area contributed by atoms with Crippen LogP contribution in [0.2, 0.25) is 0 Å². The number of nitrogens with two attached hydrogens (primary N) is 1. The predicted molar refractivity (Wildman–Crippen MR) is 80.1 cm³/mol. The molecule has 0 bridgehead atoms. The van der Waals surface area contributed by atoms with Gasteiger partial charge in [-0.15, -0.1) is 0 Å². The summed E-state index contributed by atoms with van der Waals surface area (Å²) in [5.41, 5.74) is 8.65. The van der Waals surface area contributed by atoms with Crippen molar-refractivity contribution in [1.82, 2.24) is 0 Å². The van der Waals surface area contributed by atoms with Gasteiger partial charge in [0.25, 0.3) is 0 Å². The molecule has 0 atom stereocenters. The van der Waals surface area contributed by atoms with Crippen molar-refractivity contribution in [1.29, 1.82) is 0 Å². The van der Waals surface area contributed by atoms with E-state index in [9.17, 15) is 4.79 Å². The zero-order valence-electron chi connectivity index (χ0n) is 11.7. The maximum Gasteiger partial charge on any atom is 0.224 e. The fourth-order valence-electron chi connectivity index (χ4n) is 2.86. The molecule has 0 spiro atoms. The van der Waals surface area contributed by atoms with Crippen molar-refractivity contribution < 1.29 is 4.79 Å². The van der Waals surface area contributed by atoms with Crippen LogP contribution in [0.4, 0.5) is 11.4 Å². The summed E-state index contributed by atoms with van der Waals surface area (Å²) in [7, 11) is 0. The molecule has 1 aromatic rings. The van der Waals surface area contributed by atoms with Crippen LogP contribution in [0.5, 0.6) is 0 Å². The van der Waals surface area contributed by atoms with E-state index in [-0.39, 0.29) is 5.91 Å². The van der Waals surface area contributed by atoms with Crippen molar-refractivity contribution >= 4 is 17.3 Å². The van der Waals surface area contributed by atoms with E-state index in [1.165, 1.54) is 32.1 Å². The normalized spacial score (nSPS) is 16.3. The van der Waals surface area contributed by atoms with Crippen LogP contribution in [0.3, 0.4) is 0 Å². The van der Waals surface area contributed by atoms with Crippen molar-refractivity contribution in [2.75, 3.05) is 11.1 Å². The van der Waals surface area contributed by atoms with Crippen molar-refractivity contribution in [2.45, 2.75) is 51.9 Å². The molecule has 2 rings (SSSR count). The molecule has 1 saturated carbocycles. The highest BCUT2D eigenvalue weighted by Gasteiger charge is 2.17. The lowest BCUT2D eigenvalue weighted by Gasteiger charge is -2.20. The van der Waals surface area contributed by atoms with Crippen LogP contribution in [-0.4, -0.2) is 5.91 Å². The van der Waals surface area contributed by atoms with Crippen molar-refractivity contribution in [3.8, 4) is 0 Å². The summed E-state index contributed by atoms with van der Waals surface area (Å²) in [5.74, 6) is 0.691. The van der Waals surface area contributed by atoms with Crippen LogP contribution in [-0.2, 0) is 11.2 Å². The molecule has 19 heavy (non-hydrogen) atoms. The molecule has 0 aromatic heterocycles. The van der Waals surface area contributed by atoms with E-state index in [1.54, 1.807) is 0 Å². The number of carbonyl (C=O) groups excluding carboxylic acids is 1. The third kappa shape index (κ3) is 3.98. The fraction of sp³-hybridized carbons (Fsp3) is 0.562. The number of nitrogens with one attached hydrogen (secondary N) is 1. The maximum atomic E-state index is 12.0. The summed E-state index contributed by atoms with van der Waals surface area (Å²) in [6, 6.07) is 5.79. The van der Waals surface area contributed by atoms with Gasteiger partial charge in [0.1, 0.15) is 0 Å². The van der Waals surface area contributed by atoms with Crippen LogP contribution >= 0.6 is 0 Å². The summed E-state index contributed by atoms with van der Waals surface area (Å²) < 4.78 is 0. The first-order valence-corrected chi connectivity index (χ1v) is 7.37. The zero-order chi connectivity index (χ0) is 13.7. The third-order valence-electron chi connectivity index (χ3n) is 4.01. The van der Waals surface area contributed by atoms with Crippen molar-refractivity contribution in [3.05, 3.63) is 23.8 Å². The number of aryl methyl sites for hydroxylation is 1. The summed E-state index contributed by atoms with van der Waals surface area (Å²) >= 11 is 0. The molecule has 0 saturated heterocycles. The molecule has 0 unspecified atom stereocenters. The van der Waals surface area contributed by atoms with E-state index in [0.29, 0.717) is 12.3 Å². The highest BCUT2D eigenvalue weighted by atomic mass is 16.1. The predicted octanol–water partition coefficient (Wildman–Crippen LogP) is 3.74. The minimum absolute atomic E-state index is 0.121. The SMILES string of the molecule is CCc1ccc(NC(=O)CC2CCCCC2)cc1N. The molecule has 3 N–H and O–H groups in total. The van der Waals surface area contributed by atoms with Gasteiger partial charge in [-0.2, -0.15) is 0 Å². The van der Waals surface area contributed by atoms with E-state index < -0.39 is 0 Å². The van der Waals surface area contributed by atoms with Gasteiger partial charge in [-0.25, -0.2) is 0 Å². The monoisotopic (exact) mass is 260 g/mol. The van der Waals surface area contributed by atoms with Crippen molar-refractivity contribution in [2.24, 2.45) is 5.92 Å². The number of anilines is 2. The number of benzene rings is 1. The fourth-order valence-corrected chi connectivity index (χ4v) is 2.86. The van der Waals surface area contributed by atoms with Crippen LogP contribution < -0.4 is 11.1 Å². The van der Waals surface area contributed by atoms with Gasteiger partial charge >= 0.3 is 0 Å². The number of amides is 1. The molecule has 1 aliphatic carbocycles. The molecule has 104 valence electrons. The molecule has 1 fully saturated rings. The van der Waals surface area contributed by atoms with E-state index in [0.717, 1.165) is 23.4 Å². The highest BCUT2D eigenvalue weighted by Crippen LogP contribution is 2.27. The molecule has 3 nitrogen and oxygen atoms in total. The summed E-state index contributed by atoms with van der Waals surface area (Å²) in [5, 5.41) is 2.96. The zero-order valence-corrected chi connectivity index (χ0v) is 11.7. The number of nitrogen functional groups attached to an aromatic ring is 1. The first-order chi connectivity index (χ1) is 9.19. The lowest BCUT2D eigenvalue weighted by Crippen LogP contribution is -2.18. The lowest BCUT2D eigenvalue weighted by atomic mass is 9.87. The van der Waals surface area contributed by atoms with E-state index in [4.69, 9.17) is 5.73 Å². The second-order valence-corrected chi connectivity index (χ2v) is 5.52. The van der Waals surface area contributed by atoms with Gasteiger partial charge < -0.3 is 11.1 Å². The van der Waals surface area contributed by atoms with E-state index in [2.05, 4.69) is 12.2 Å². The molecule has 0 aliphatic heterocycles. The Labute approximate surface area is 115 Å². The summed E-state index contributed by atoms with van der Waals surface area (Å²) in [6.45, 7) is 2.08. The maximum absolute atomic E-state index is 12.0. The van der Waals surface area contributed by atoms with Crippen molar-refractivity contribution in [3.63, 3.8) is 0 Å². The highest BCUT2D eigenvalue weighted by molar-refractivity contribution is 5.91. The first kappa shape index (κ1) is 13.9. The Balaban J connectivity index is 1.89. The Kier molecular flexibility index (Phi) is 4.83. The average molecular weight is 260 g/mol. The molecule has 0 heterocycles. The van der Waals surface area contributed by atoms with Crippen LogP contribution in [0.25, 0.3) is 0 Å². The van der Waals surface area contributed by atoms with E-state index >= 15 is 0 Å². The van der Waals surface area contributed by atoms with Gasteiger partial charge in [-0.1, -0.05) is 32.3 Å². The Bertz CT molecular complexity index is 436. The average Bonchev–Trinajstić information content (AvgIpc) is 2.40. The summed E-state index contributed by atoms with van der Waals surface area (Å²) in [6.07, 6.45) is 7.84. The standard InChI is InChI=1S/C16H24N2O/c1-2-13-8-9-14(11-15(13)17)18-16(19)10-12-6-4-3-5-7-12/h8-9,11-12H,2-7,10,17H2,1H3,(H,18,19). The Morgan fingerprint density at radius 1 is 1.32 bits per heavy atom. The van der Waals surface area contributed by atoms with Crippen LogP contribution in [0.15, 0.2) is 18.2 Å². The number of hydrogen-bond donors (Lipinski definition) is 2.